The van der Waals surface area contributed by atoms with Gasteiger partial charge in [-0.2, -0.15) is 0 Å². The number of aliphatic hydroxyl groups is 5. The molecule has 0 amide bonds. The van der Waals surface area contributed by atoms with E-state index in [9.17, 15) is 20.4 Å². The van der Waals surface area contributed by atoms with Crippen LogP contribution in [0.2, 0.25) is 0 Å². The van der Waals surface area contributed by atoms with E-state index in [4.69, 9.17) is 9.84 Å². The summed E-state index contributed by atoms with van der Waals surface area (Å²) in [6.07, 6.45) is -5.64. The van der Waals surface area contributed by atoms with Crippen molar-refractivity contribution in [3.8, 4) is 0 Å². The molecule has 1 aliphatic heterocycles. The topological polar surface area (TPSA) is 110 Å². The third-order valence-corrected chi connectivity index (χ3v) is 2.81. The second-order valence-corrected chi connectivity index (χ2v) is 4.42. The molecule has 0 aromatic heterocycles. The number of rotatable bonds is 1. The van der Waals surface area contributed by atoms with Crippen LogP contribution in [0.15, 0.2) is 0 Å². The third kappa shape index (κ3) is 2.12. The molecule has 1 saturated heterocycles. The van der Waals surface area contributed by atoms with Crippen molar-refractivity contribution in [1.82, 2.24) is 0 Å². The van der Waals surface area contributed by atoms with Crippen molar-refractivity contribution in [2.75, 3.05) is 6.61 Å². The van der Waals surface area contributed by atoms with Gasteiger partial charge in [-0.15, -0.1) is 0 Å². The average molecular weight is 306 g/mol. The largest absolute Gasteiger partial charge is 0.394 e. The van der Waals surface area contributed by atoms with Crippen LogP contribution in [0.3, 0.4) is 0 Å². The zero-order valence-corrected chi connectivity index (χ0v) is 8.70. The van der Waals surface area contributed by atoms with Gasteiger partial charge >= 0.3 is 0 Å². The van der Waals surface area contributed by atoms with E-state index in [0.29, 0.717) is 0 Å². The molecular weight excluding hydrogens is 295 g/mol. The van der Waals surface area contributed by atoms with Gasteiger partial charge in [0.2, 0.25) is 3.79 Å². The van der Waals surface area contributed by atoms with Crippen LogP contribution in [0.5, 0.6) is 0 Å². The van der Waals surface area contributed by atoms with Gasteiger partial charge in [0.15, 0.2) is 0 Å². The van der Waals surface area contributed by atoms with Gasteiger partial charge in [0, 0.05) is 0 Å². The fraction of sp³-hybridized carbons (Fsp3) is 1.00. The van der Waals surface area contributed by atoms with Crippen molar-refractivity contribution < 1.29 is 30.3 Å². The number of ether oxygens (including phenoxy) is 1. The Balaban J connectivity index is 2.79. The Kier molecular flexibility index (Phi) is 3.49. The minimum atomic E-state index is -1.98. The summed E-state index contributed by atoms with van der Waals surface area (Å²) in [6, 6.07) is 0. The van der Waals surface area contributed by atoms with Crippen molar-refractivity contribution in [2.24, 2.45) is 0 Å². The van der Waals surface area contributed by atoms with Crippen LogP contribution in [0.4, 0.5) is 0 Å². The number of hydrogen-bond acceptors (Lipinski definition) is 6. The van der Waals surface area contributed by atoms with Gasteiger partial charge in [0.25, 0.3) is 0 Å². The van der Waals surface area contributed by atoms with Gasteiger partial charge in [-0.3, -0.25) is 0 Å². The Hall–Kier alpha value is 0.490. The molecule has 1 heterocycles. The Bertz CT molecular complexity index is 184. The smallest absolute Gasteiger partial charge is 0.248 e. The summed E-state index contributed by atoms with van der Waals surface area (Å²) in [4.78, 5) is 0. The fourth-order valence-electron chi connectivity index (χ4n) is 1.11. The normalized spacial score (nSPS) is 52.2. The molecule has 5 N–H and O–H groups in total. The zero-order valence-electron chi connectivity index (χ0n) is 6.54. The van der Waals surface area contributed by atoms with E-state index in [1.54, 1.807) is 0 Å². The van der Waals surface area contributed by atoms with Crippen LogP contribution in [-0.4, -0.2) is 60.3 Å². The second kappa shape index (κ2) is 3.93. The predicted molar refractivity (Wildman–Crippen MR) is 48.9 cm³/mol. The lowest BCUT2D eigenvalue weighted by Crippen LogP contribution is -2.62. The monoisotopic (exact) mass is 306 g/mol. The van der Waals surface area contributed by atoms with Crippen LogP contribution in [0.1, 0.15) is 0 Å². The highest BCUT2D eigenvalue weighted by atomic mass is 127. The molecule has 0 unspecified atom stereocenters. The van der Waals surface area contributed by atoms with Crippen molar-refractivity contribution in [3.05, 3.63) is 0 Å². The highest BCUT2D eigenvalue weighted by Gasteiger charge is 2.51. The molecule has 5 atom stereocenters. The highest BCUT2D eigenvalue weighted by molar-refractivity contribution is 14.1. The zero-order chi connectivity index (χ0) is 10.2. The molecular formula is C6H11IO6. The van der Waals surface area contributed by atoms with Crippen LogP contribution in [0.25, 0.3) is 0 Å². The molecule has 0 spiro atoms. The van der Waals surface area contributed by atoms with E-state index >= 15 is 0 Å². The second-order valence-electron chi connectivity index (χ2n) is 2.87. The van der Waals surface area contributed by atoms with Crippen molar-refractivity contribution >= 4 is 22.6 Å². The maximum absolute atomic E-state index is 9.36. The first-order valence-corrected chi connectivity index (χ1v) is 4.72. The number of hydrogen-bond donors (Lipinski definition) is 5. The molecule has 1 fully saturated rings. The lowest BCUT2D eigenvalue weighted by molar-refractivity contribution is -0.296. The van der Waals surface area contributed by atoms with Gasteiger partial charge in [0.05, 0.1) is 6.61 Å². The predicted octanol–water partition coefficient (Wildman–Crippen LogP) is -2.46. The minimum Gasteiger partial charge on any atom is -0.394 e. The third-order valence-electron chi connectivity index (χ3n) is 1.92. The minimum absolute atomic E-state index is 0.545. The van der Waals surface area contributed by atoms with Crippen molar-refractivity contribution in [2.45, 2.75) is 28.2 Å². The van der Waals surface area contributed by atoms with Crippen LogP contribution >= 0.6 is 22.6 Å². The first kappa shape index (κ1) is 11.6. The van der Waals surface area contributed by atoms with E-state index in [1.807, 2.05) is 0 Å². The molecule has 1 rings (SSSR count). The maximum Gasteiger partial charge on any atom is 0.248 e. The first-order valence-electron chi connectivity index (χ1n) is 3.64. The van der Waals surface area contributed by atoms with Gasteiger partial charge in [-0.1, -0.05) is 0 Å². The molecule has 1 aliphatic rings. The lowest BCUT2D eigenvalue weighted by atomic mass is 9.99. The molecule has 0 bridgehead atoms. The standard InChI is InChI=1S/C6H11IO6/c7-6(12)5(11)4(10)3(9)2(1-8)13-6/h2-5,8-12H,1H2/t2-,3-,4+,5+,6+/m1/s1. The number of alkyl halides is 1. The van der Waals surface area contributed by atoms with Crippen molar-refractivity contribution in [3.63, 3.8) is 0 Å². The lowest BCUT2D eigenvalue weighted by Gasteiger charge is -2.42. The van der Waals surface area contributed by atoms with E-state index in [1.165, 1.54) is 22.6 Å². The summed E-state index contributed by atoms with van der Waals surface area (Å²) >= 11 is 1.38. The number of aliphatic hydroxyl groups excluding tert-OH is 4. The van der Waals surface area contributed by atoms with E-state index < -0.39 is 34.8 Å². The van der Waals surface area contributed by atoms with Crippen LogP contribution in [-0.2, 0) is 4.74 Å². The summed E-state index contributed by atoms with van der Waals surface area (Å²) in [7, 11) is 0. The summed E-state index contributed by atoms with van der Waals surface area (Å²) in [5.41, 5.74) is 0. The van der Waals surface area contributed by atoms with Gasteiger partial charge in [-0.05, 0) is 22.6 Å². The van der Waals surface area contributed by atoms with Gasteiger partial charge < -0.3 is 30.3 Å². The first-order chi connectivity index (χ1) is 5.90. The van der Waals surface area contributed by atoms with Gasteiger partial charge in [-0.25, -0.2) is 0 Å². The molecule has 0 aromatic carbocycles. The molecule has 0 saturated carbocycles. The molecule has 7 heteroatoms. The van der Waals surface area contributed by atoms with Crippen molar-refractivity contribution in [1.29, 1.82) is 0 Å². The van der Waals surface area contributed by atoms with Gasteiger partial charge in [0.1, 0.15) is 24.4 Å². The molecule has 0 radical (unpaired) electrons. The van der Waals surface area contributed by atoms with E-state index in [-0.39, 0.29) is 0 Å². The summed E-state index contributed by atoms with van der Waals surface area (Å²) in [6.45, 7) is -0.545. The molecule has 13 heavy (non-hydrogen) atoms. The van der Waals surface area contributed by atoms with Crippen LogP contribution < -0.4 is 0 Å². The van der Waals surface area contributed by atoms with E-state index in [2.05, 4.69) is 0 Å². The van der Waals surface area contributed by atoms with Crippen LogP contribution in [0, 0.1) is 0 Å². The van der Waals surface area contributed by atoms with E-state index in [0.717, 1.165) is 0 Å². The summed E-state index contributed by atoms with van der Waals surface area (Å²) in [5, 5.41) is 45.7. The highest BCUT2D eigenvalue weighted by Crippen LogP contribution is 2.32. The maximum atomic E-state index is 9.36. The fourth-order valence-corrected chi connectivity index (χ4v) is 1.81. The molecule has 6 nitrogen and oxygen atoms in total. The number of halogens is 1. The summed E-state index contributed by atoms with van der Waals surface area (Å²) < 4.78 is 2.77. The molecule has 78 valence electrons. The Morgan fingerprint density at radius 3 is 2.23 bits per heavy atom. The summed E-state index contributed by atoms with van der Waals surface area (Å²) in [5.74, 6) is 0. The molecule has 0 aromatic rings. The Labute approximate surface area is 87.9 Å². The molecule has 0 aliphatic carbocycles. The Morgan fingerprint density at radius 2 is 1.77 bits per heavy atom. The Morgan fingerprint density at radius 1 is 1.23 bits per heavy atom. The SMILES string of the molecule is OC[C@H]1O[C@](O)(I)[C@@H](O)[C@@H](O)[C@@H]1O. The average Bonchev–Trinajstić information content (AvgIpc) is 2.08. The quantitative estimate of drug-likeness (QED) is 0.271.